The van der Waals surface area contributed by atoms with E-state index in [1.165, 1.54) is 0 Å². The Morgan fingerprint density at radius 2 is 1.14 bits per heavy atom. The molecule has 7 nitrogen and oxygen atoms in total. The molecule has 0 aromatic heterocycles. The molecule has 0 aliphatic heterocycles. The minimum absolute atomic E-state index is 0.173. The second-order valence-corrected chi connectivity index (χ2v) is 5.93. The maximum atomic E-state index is 12.8. The minimum atomic E-state index is -0.471. The Kier molecular flexibility index (Phi) is 5.93. The number of fused-ring (bicyclic) bond motifs is 3. The molecule has 0 atom stereocenters. The first-order chi connectivity index (χ1) is 13.5. The molecule has 0 unspecified atom stereocenters. The number of carbonyl (C=O) groups is 3. The lowest BCUT2D eigenvalue weighted by Gasteiger charge is -2.08. The average Bonchev–Trinajstić information content (AvgIpc) is 2.97. The van der Waals surface area contributed by atoms with Gasteiger partial charge in [-0.05, 0) is 61.4 Å². The second kappa shape index (κ2) is 8.56. The van der Waals surface area contributed by atoms with Gasteiger partial charge >= 0.3 is 11.9 Å². The lowest BCUT2D eigenvalue weighted by molar-refractivity contribution is -0.146. The van der Waals surface area contributed by atoms with E-state index in [-0.39, 0.29) is 32.2 Å². The highest BCUT2D eigenvalue weighted by atomic mass is 16.6. The topological polar surface area (TPSA) is 88.1 Å². The fourth-order valence-corrected chi connectivity index (χ4v) is 2.91. The molecule has 3 rings (SSSR count). The van der Waals surface area contributed by atoms with E-state index >= 15 is 0 Å². The molecule has 2 aromatic carbocycles. The van der Waals surface area contributed by atoms with Crippen LogP contribution < -0.4 is 9.47 Å². The van der Waals surface area contributed by atoms with E-state index in [1.807, 2.05) is 0 Å². The Hall–Kier alpha value is -3.35. The summed E-state index contributed by atoms with van der Waals surface area (Å²) >= 11 is 0. The van der Waals surface area contributed by atoms with Crippen LogP contribution in [0.1, 0.15) is 29.8 Å². The highest BCUT2D eigenvalue weighted by Crippen LogP contribution is 2.39. The molecular formula is C21H20O7. The standard InChI is InChI=1S/C21H20O7/c1-3-25-19(22)11-27-13-5-7-15-16-8-6-14(28-12-20(23)26-4-2)10-18(16)21(24)17(15)9-13/h5-10H,3-4,11-12H2,1-2H3. The SMILES string of the molecule is CCOC(=O)COc1ccc2c(c1)C(=O)c1cc(OCC(=O)OCC)ccc1-2. The number of hydrogen-bond donors (Lipinski definition) is 0. The van der Waals surface area contributed by atoms with E-state index in [0.717, 1.165) is 11.1 Å². The third-order valence-corrected chi connectivity index (χ3v) is 4.09. The molecular weight excluding hydrogens is 364 g/mol. The van der Waals surface area contributed by atoms with Crippen LogP contribution in [0.25, 0.3) is 11.1 Å². The minimum Gasteiger partial charge on any atom is -0.482 e. The van der Waals surface area contributed by atoms with Gasteiger partial charge in [0.2, 0.25) is 0 Å². The van der Waals surface area contributed by atoms with Gasteiger partial charge in [-0.1, -0.05) is 0 Å². The summed E-state index contributed by atoms with van der Waals surface area (Å²) in [5.41, 5.74) is 2.53. The molecule has 146 valence electrons. The Morgan fingerprint density at radius 1 is 0.714 bits per heavy atom. The molecule has 0 N–H and O–H groups in total. The zero-order valence-electron chi connectivity index (χ0n) is 15.7. The molecule has 0 spiro atoms. The maximum absolute atomic E-state index is 12.8. The molecule has 0 fully saturated rings. The average molecular weight is 384 g/mol. The third-order valence-electron chi connectivity index (χ3n) is 4.09. The predicted octanol–water partition coefficient (Wildman–Crippen LogP) is 2.78. The van der Waals surface area contributed by atoms with Crippen molar-refractivity contribution in [2.24, 2.45) is 0 Å². The van der Waals surface area contributed by atoms with Crippen molar-refractivity contribution < 1.29 is 33.3 Å². The number of rotatable bonds is 8. The van der Waals surface area contributed by atoms with Crippen molar-refractivity contribution in [3.63, 3.8) is 0 Å². The van der Waals surface area contributed by atoms with E-state index in [1.54, 1.807) is 50.2 Å². The van der Waals surface area contributed by atoms with Crippen LogP contribution >= 0.6 is 0 Å². The van der Waals surface area contributed by atoms with E-state index in [0.29, 0.717) is 22.6 Å². The van der Waals surface area contributed by atoms with Crippen LogP contribution in [-0.2, 0) is 19.1 Å². The van der Waals surface area contributed by atoms with Gasteiger partial charge in [0.25, 0.3) is 0 Å². The fourth-order valence-electron chi connectivity index (χ4n) is 2.91. The zero-order valence-corrected chi connectivity index (χ0v) is 15.7. The lowest BCUT2D eigenvalue weighted by atomic mass is 10.1. The van der Waals surface area contributed by atoms with Crippen molar-refractivity contribution in [3.8, 4) is 22.6 Å². The van der Waals surface area contributed by atoms with Crippen LogP contribution in [0.15, 0.2) is 36.4 Å². The normalized spacial score (nSPS) is 11.4. The summed E-state index contributed by atoms with van der Waals surface area (Å²) in [6.07, 6.45) is 0. The number of ether oxygens (including phenoxy) is 4. The summed E-state index contributed by atoms with van der Waals surface area (Å²) in [5, 5.41) is 0. The summed E-state index contributed by atoms with van der Waals surface area (Å²) in [7, 11) is 0. The lowest BCUT2D eigenvalue weighted by Crippen LogP contribution is -2.14. The molecule has 1 aliphatic carbocycles. The van der Waals surface area contributed by atoms with Crippen LogP contribution in [0.3, 0.4) is 0 Å². The summed E-state index contributed by atoms with van der Waals surface area (Å²) in [4.78, 5) is 35.6. The molecule has 0 heterocycles. The van der Waals surface area contributed by atoms with Crippen LogP contribution in [0.5, 0.6) is 11.5 Å². The van der Waals surface area contributed by atoms with E-state index in [9.17, 15) is 14.4 Å². The monoisotopic (exact) mass is 384 g/mol. The Balaban J connectivity index is 1.74. The van der Waals surface area contributed by atoms with Crippen molar-refractivity contribution in [1.82, 2.24) is 0 Å². The number of ketones is 1. The summed E-state index contributed by atoms with van der Waals surface area (Å²) in [5.74, 6) is -0.298. The molecule has 0 radical (unpaired) electrons. The van der Waals surface area contributed by atoms with Gasteiger partial charge in [0, 0.05) is 11.1 Å². The van der Waals surface area contributed by atoms with E-state index in [2.05, 4.69) is 0 Å². The van der Waals surface area contributed by atoms with Crippen LogP contribution in [0.4, 0.5) is 0 Å². The van der Waals surface area contributed by atoms with Gasteiger partial charge in [-0.25, -0.2) is 9.59 Å². The number of hydrogen-bond acceptors (Lipinski definition) is 7. The smallest absolute Gasteiger partial charge is 0.344 e. The molecule has 1 aliphatic rings. The van der Waals surface area contributed by atoms with Crippen molar-refractivity contribution in [1.29, 1.82) is 0 Å². The highest BCUT2D eigenvalue weighted by Gasteiger charge is 2.27. The van der Waals surface area contributed by atoms with Gasteiger partial charge in [-0.2, -0.15) is 0 Å². The molecule has 7 heteroatoms. The third kappa shape index (κ3) is 4.14. The predicted molar refractivity (Wildman–Crippen MR) is 99.6 cm³/mol. The van der Waals surface area contributed by atoms with Crippen LogP contribution in [-0.4, -0.2) is 44.1 Å². The first-order valence-electron chi connectivity index (χ1n) is 8.93. The Labute approximate surface area is 162 Å². The van der Waals surface area contributed by atoms with Crippen molar-refractivity contribution in [2.45, 2.75) is 13.8 Å². The number of carbonyl (C=O) groups excluding carboxylic acids is 3. The fraction of sp³-hybridized carbons (Fsp3) is 0.286. The van der Waals surface area contributed by atoms with Crippen molar-refractivity contribution in [2.75, 3.05) is 26.4 Å². The van der Waals surface area contributed by atoms with Gasteiger partial charge < -0.3 is 18.9 Å². The quantitative estimate of drug-likeness (QED) is 0.552. The largest absolute Gasteiger partial charge is 0.482 e. The number of esters is 2. The van der Waals surface area contributed by atoms with Gasteiger partial charge in [0.15, 0.2) is 19.0 Å². The molecule has 2 aromatic rings. The second-order valence-electron chi connectivity index (χ2n) is 5.93. The molecule has 28 heavy (non-hydrogen) atoms. The summed E-state index contributed by atoms with van der Waals surface area (Å²) in [6, 6.07) is 10.2. The first-order valence-corrected chi connectivity index (χ1v) is 8.93. The molecule has 0 bridgehead atoms. The maximum Gasteiger partial charge on any atom is 0.344 e. The van der Waals surface area contributed by atoms with Crippen LogP contribution in [0, 0.1) is 0 Å². The highest BCUT2D eigenvalue weighted by molar-refractivity contribution is 6.22. The van der Waals surface area contributed by atoms with Gasteiger partial charge in [0.1, 0.15) is 11.5 Å². The molecule has 0 saturated heterocycles. The van der Waals surface area contributed by atoms with Gasteiger partial charge in [-0.3, -0.25) is 4.79 Å². The molecule has 0 saturated carbocycles. The van der Waals surface area contributed by atoms with Crippen molar-refractivity contribution in [3.05, 3.63) is 47.5 Å². The van der Waals surface area contributed by atoms with Crippen molar-refractivity contribution >= 4 is 17.7 Å². The summed E-state index contributed by atoms with van der Waals surface area (Å²) < 4.78 is 20.4. The van der Waals surface area contributed by atoms with Gasteiger partial charge in [0.05, 0.1) is 13.2 Å². The van der Waals surface area contributed by atoms with Crippen LogP contribution in [0.2, 0.25) is 0 Å². The summed E-state index contributed by atoms with van der Waals surface area (Å²) in [6.45, 7) is 3.54. The number of benzene rings is 2. The Morgan fingerprint density at radius 3 is 1.54 bits per heavy atom. The molecule has 0 amide bonds. The zero-order chi connectivity index (χ0) is 20.1. The van der Waals surface area contributed by atoms with E-state index < -0.39 is 11.9 Å². The van der Waals surface area contributed by atoms with Gasteiger partial charge in [-0.15, -0.1) is 0 Å². The van der Waals surface area contributed by atoms with E-state index in [4.69, 9.17) is 18.9 Å². The first kappa shape index (κ1) is 19.4. The Bertz CT molecular complexity index is 843.